The van der Waals surface area contributed by atoms with E-state index in [2.05, 4.69) is 5.32 Å². The van der Waals surface area contributed by atoms with E-state index < -0.39 is 22.5 Å². The predicted molar refractivity (Wildman–Crippen MR) is 132 cm³/mol. The van der Waals surface area contributed by atoms with Gasteiger partial charge in [-0.2, -0.15) is 0 Å². The van der Waals surface area contributed by atoms with Crippen LogP contribution in [0.25, 0.3) is 0 Å². The molecule has 9 heteroatoms. The zero-order chi connectivity index (χ0) is 24.0. The number of hydrogen-bond donors (Lipinski definition) is 1. The number of benzene rings is 3. The molecule has 1 amide bonds. The van der Waals surface area contributed by atoms with Crippen LogP contribution in [0.15, 0.2) is 71.6 Å². The lowest BCUT2D eigenvalue weighted by molar-refractivity contribution is -0.119. The highest BCUT2D eigenvalue weighted by atomic mass is 35.5. The van der Waals surface area contributed by atoms with Gasteiger partial charge in [-0.05, 0) is 54.8 Å². The van der Waals surface area contributed by atoms with E-state index in [1.807, 2.05) is 30.3 Å². The lowest BCUT2D eigenvalue weighted by atomic mass is 10.1. The van der Waals surface area contributed by atoms with E-state index in [0.717, 1.165) is 15.4 Å². The molecular weight excluding hydrogens is 483 g/mol. The molecule has 0 fully saturated rings. The molecule has 0 atom stereocenters. The molecule has 0 heterocycles. The van der Waals surface area contributed by atoms with Crippen LogP contribution >= 0.6 is 23.2 Å². The molecule has 0 saturated heterocycles. The molecule has 0 saturated carbocycles. The first kappa shape index (κ1) is 24.9. The maximum absolute atomic E-state index is 13.7. The smallest absolute Gasteiger partial charge is 0.268 e. The lowest BCUT2D eigenvalue weighted by Crippen LogP contribution is -2.41. The minimum Gasteiger partial charge on any atom is -0.495 e. The summed E-state index contributed by atoms with van der Waals surface area (Å²) in [5, 5.41) is 3.24. The van der Waals surface area contributed by atoms with E-state index in [9.17, 15) is 13.2 Å². The molecule has 0 unspecified atom stereocenters. The number of ether oxygens (including phenoxy) is 1. The van der Waals surface area contributed by atoms with E-state index in [-0.39, 0.29) is 26.4 Å². The van der Waals surface area contributed by atoms with Gasteiger partial charge >= 0.3 is 0 Å². The van der Waals surface area contributed by atoms with Crippen molar-refractivity contribution >= 4 is 44.8 Å². The van der Waals surface area contributed by atoms with Gasteiger partial charge < -0.3 is 10.1 Å². The average molecular weight is 507 g/mol. The summed E-state index contributed by atoms with van der Waals surface area (Å²) < 4.78 is 33.6. The summed E-state index contributed by atoms with van der Waals surface area (Å²) in [6.07, 6.45) is 0.623. The maximum atomic E-state index is 13.7. The van der Waals surface area contributed by atoms with E-state index in [1.165, 1.54) is 31.4 Å². The van der Waals surface area contributed by atoms with E-state index in [4.69, 9.17) is 27.9 Å². The van der Waals surface area contributed by atoms with Crippen molar-refractivity contribution < 1.29 is 17.9 Å². The average Bonchev–Trinajstić information content (AvgIpc) is 2.80. The van der Waals surface area contributed by atoms with Crippen molar-refractivity contribution in [2.24, 2.45) is 0 Å². The topological polar surface area (TPSA) is 75.7 Å². The number of carbonyl (C=O) groups excluding carboxylic acids is 1. The molecule has 0 radical (unpaired) electrons. The fourth-order valence-corrected chi connectivity index (χ4v) is 5.19. The fourth-order valence-electron chi connectivity index (χ4n) is 3.24. The van der Waals surface area contributed by atoms with Crippen molar-refractivity contribution in [1.29, 1.82) is 0 Å². The molecule has 0 aliphatic carbocycles. The summed E-state index contributed by atoms with van der Waals surface area (Å²) >= 11 is 12.2. The Hall–Kier alpha value is -2.74. The largest absolute Gasteiger partial charge is 0.495 e. The minimum absolute atomic E-state index is 0.0480. The first-order valence-electron chi connectivity index (χ1n) is 10.2. The number of amides is 1. The second kappa shape index (κ2) is 10.9. The Bertz CT molecular complexity index is 1230. The molecule has 174 valence electrons. The predicted octanol–water partition coefficient (Wildman–Crippen LogP) is 4.86. The van der Waals surface area contributed by atoms with Crippen LogP contribution in [0.5, 0.6) is 5.75 Å². The van der Waals surface area contributed by atoms with Gasteiger partial charge in [-0.1, -0.05) is 59.6 Å². The second-order valence-electron chi connectivity index (χ2n) is 7.35. The Morgan fingerprint density at radius 2 is 1.73 bits per heavy atom. The third-order valence-electron chi connectivity index (χ3n) is 4.94. The molecule has 0 bridgehead atoms. The fraction of sp³-hybridized carbons (Fsp3) is 0.208. The van der Waals surface area contributed by atoms with Gasteiger partial charge in [-0.15, -0.1) is 0 Å². The van der Waals surface area contributed by atoms with Gasteiger partial charge in [0.05, 0.1) is 22.8 Å². The van der Waals surface area contributed by atoms with Gasteiger partial charge in [0.25, 0.3) is 10.0 Å². The highest BCUT2D eigenvalue weighted by Gasteiger charge is 2.30. The molecule has 0 aliphatic heterocycles. The van der Waals surface area contributed by atoms with Crippen molar-refractivity contribution in [1.82, 2.24) is 5.32 Å². The number of nitrogens with zero attached hydrogens (tertiary/aromatic N) is 1. The second-order valence-corrected chi connectivity index (χ2v) is 10.00. The van der Waals surface area contributed by atoms with E-state index >= 15 is 0 Å². The number of halogens is 2. The number of sulfonamides is 1. The number of hydrogen-bond acceptors (Lipinski definition) is 4. The third-order valence-corrected chi connectivity index (χ3v) is 7.48. The van der Waals surface area contributed by atoms with Gasteiger partial charge in [0.2, 0.25) is 5.91 Å². The Labute approximate surface area is 204 Å². The third kappa shape index (κ3) is 6.19. The molecule has 0 spiro atoms. The highest BCUT2D eigenvalue weighted by Crippen LogP contribution is 2.33. The first-order valence-corrected chi connectivity index (χ1v) is 12.3. The van der Waals surface area contributed by atoms with Gasteiger partial charge in [0.1, 0.15) is 17.2 Å². The van der Waals surface area contributed by atoms with Crippen LogP contribution in [0.2, 0.25) is 10.0 Å². The summed E-state index contributed by atoms with van der Waals surface area (Å²) in [6.45, 7) is 1.70. The standard InChI is InChI=1S/C24H24Cl2N2O4S/c1-17-8-11-22(32-2)23(14-17)33(30,31)28(19-9-10-20(25)21(26)15-19)16-24(29)27-13-12-18-6-4-3-5-7-18/h3-11,14-15H,12-13,16H2,1-2H3,(H,27,29). The highest BCUT2D eigenvalue weighted by molar-refractivity contribution is 7.93. The van der Waals surface area contributed by atoms with Crippen molar-refractivity contribution in [3.05, 3.63) is 87.9 Å². The van der Waals surface area contributed by atoms with E-state index in [1.54, 1.807) is 19.1 Å². The molecule has 33 heavy (non-hydrogen) atoms. The minimum atomic E-state index is -4.18. The monoisotopic (exact) mass is 506 g/mol. The van der Waals surface area contributed by atoms with Crippen LogP contribution in [-0.2, 0) is 21.2 Å². The Kier molecular flexibility index (Phi) is 8.24. The molecule has 0 aromatic heterocycles. The Morgan fingerprint density at radius 3 is 2.39 bits per heavy atom. The van der Waals surface area contributed by atoms with Crippen molar-refractivity contribution in [3.8, 4) is 5.75 Å². The van der Waals surface area contributed by atoms with Crippen LogP contribution in [-0.4, -0.2) is 34.5 Å². The van der Waals surface area contributed by atoms with Gasteiger partial charge in [0.15, 0.2) is 0 Å². The molecule has 3 rings (SSSR count). The van der Waals surface area contributed by atoms with Gasteiger partial charge in [-0.3, -0.25) is 9.10 Å². The van der Waals surface area contributed by atoms with Crippen LogP contribution in [0.1, 0.15) is 11.1 Å². The summed E-state index contributed by atoms with van der Waals surface area (Å²) in [6, 6.07) is 18.9. The lowest BCUT2D eigenvalue weighted by Gasteiger charge is -2.25. The SMILES string of the molecule is COc1ccc(C)cc1S(=O)(=O)N(CC(=O)NCCc1ccccc1)c1ccc(Cl)c(Cl)c1. The molecule has 1 N–H and O–H groups in total. The van der Waals surface area contributed by atoms with Gasteiger partial charge in [0, 0.05) is 6.54 Å². The first-order chi connectivity index (χ1) is 15.7. The zero-order valence-corrected chi connectivity index (χ0v) is 20.5. The summed E-state index contributed by atoms with van der Waals surface area (Å²) in [7, 11) is -2.78. The summed E-state index contributed by atoms with van der Waals surface area (Å²) in [4.78, 5) is 12.7. The van der Waals surface area contributed by atoms with Crippen LogP contribution in [0.3, 0.4) is 0 Å². The number of anilines is 1. The van der Waals surface area contributed by atoms with Gasteiger partial charge in [-0.25, -0.2) is 8.42 Å². The quantitative estimate of drug-likeness (QED) is 0.449. The number of aryl methyl sites for hydroxylation is 1. The zero-order valence-electron chi connectivity index (χ0n) is 18.2. The number of methoxy groups -OCH3 is 1. The summed E-state index contributed by atoms with van der Waals surface area (Å²) in [5.74, 6) is -0.276. The number of rotatable bonds is 9. The van der Waals surface area contributed by atoms with Crippen molar-refractivity contribution in [2.75, 3.05) is 24.5 Å². The molecule has 3 aromatic rings. The molecule has 6 nitrogen and oxygen atoms in total. The Balaban J connectivity index is 1.90. The number of nitrogens with one attached hydrogen (secondary N) is 1. The van der Waals surface area contributed by atoms with Crippen LogP contribution < -0.4 is 14.4 Å². The normalized spacial score (nSPS) is 11.2. The summed E-state index contributed by atoms with van der Waals surface area (Å²) in [5.41, 5.74) is 2.01. The van der Waals surface area contributed by atoms with Crippen LogP contribution in [0, 0.1) is 6.92 Å². The van der Waals surface area contributed by atoms with Crippen LogP contribution in [0.4, 0.5) is 5.69 Å². The van der Waals surface area contributed by atoms with E-state index in [0.29, 0.717) is 13.0 Å². The Morgan fingerprint density at radius 1 is 1.00 bits per heavy atom. The molecular formula is C24H24Cl2N2O4S. The van der Waals surface area contributed by atoms with Crippen molar-refractivity contribution in [2.45, 2.75) is 18.2 Å². The number of carbonyl (C=O) groups is 1. The van der Waals surface area contributed by atoms with Crippen molar-refractivity contribution in [3.63, 3.8) is 0 Å². The maximum Gasteiger partial charge on any atom is 0.268 e. The molecule has 0 aliphatic rings. The molecule has 3 aromatic carbocycles.